The molecule has 0 unspecified atom stereocenters. The first kappa shape index (κ1) is 31.5. The highest BCUT2D eigenvalue weighted by Gasteiger charge is 2.20. The molecule has 0 aliphatic heterocycles. The average molecular weight is 733 g/mol. The number of para-hydroxylation sites is 1. The third-order valence-corrected chi connectivity index (χ3v) is 10.8. The first-order chi connectivity index (χ1) is 28.2. The van der Waals surface area contributed by atoms with Gasteiger partial charge in [-0.3, -0.25) is 0 Å². The summed E-state index contributed by atoms with van der Waals surface area (Å²) >= 11 is 0. The van der Waals surface area contributed by atoms with Gasteiger partial charge in [0.15, 0.2) is 23.1 Å². The second kappa shape index (κ2) is 12.3. The van der Waals surface area contributed by atoms with Gasteiger partial charge >= 0.3 is 0 Å². The van der Waals surface area contributed by atoms with E-state index in [9.17, 15) is 0 Å². The highest BCUT2D eigenvalue weighted by atomic mass is 16.4. The predicted octanol–water partition coefficient (Wildman–Crippen LogP) is 13.3. The summed E-state index contributed by atoms with van der Waals surface area (Å²) in [6.07, 6.45) is 0. The number of oxazole rings is 1. The van der Waals surface area contributed by atoms with Gasteiger partial charge in [-0.2, -0.15) is 0 Å². The summed E-state index contributed by atoms with van der Waals surface area (Å²) in [5.74, 6) is 2.33. The van der Waals surface area contributed by atoms with Crippen LogP contribution in [0.1, 0.15) is 0 Å². The molecule has 0 N–H and O–H groups in total. The smallest absolute Gasteiger partial charge is 0.227 e. The van der Waals surface area contributed by atoms with Crippen LogP contribution < -0.4 is 0 Å². The maximum atomic E-state index is 6.43. The van der Waals surface area contributed by atoms with Crippen molar-refractivity contribution in [3.63, 3.8) is 0 Å². The minimum atomic E-state index is 0.570. The Labute approximate surface area is 324 Å². The summed E-state index contributed by atoms with van der Waals surface area (Å²) < 4.78 is 18.8. The molecule has 8 aromatic carbocycles. The zero-order valence-corrected chi connectivity index (χ0v) is 30.2. The zero-order chi connectivity index (χ0) is 37.5. The van der Waals surface area contributed by atoms with Gasteiger partial charge < -0.3 is 13.3 Å². The lowest BCUT2D eigenvalue weighted by atomic mass is 10.0. The van der Waals surface area contributed by atoms with Gasteiger partial charge in [0, 0.05) is 38.4 Å². The predicted molar refractivity (Wildman–Crippen MR) is 227 cm³/mol. The molecule has 266 valence electrons. The molecular weight excluding hydrogens is 705 g/mol. The van der Waals surface area contributed by atoms with Crippen LogP contribution in [0, 0.1) is 0 Å². The van der Waals surface area contributed by atoms with E-state index < -0.39 is 0 Å². The van der Waals surface area contributed by atoms with Crippen molar-refractivity contribution in [1.82, 2.24) is 19.9 Å². The number of benzene rings is 8. The monoisotopic (exact) mass is 732 g/mol. The normalized spacial score (nSPS) is 11.9. The van der Waals surface area contributed by atoms with Crippen LogP contribution in [0.2, 0.25) is 0 Å². The molecule has 4 aromatic heterocycles. The Hall–Kier alpha value is -7.90. The van der Waals surface area contributed by atoms with Crippen molar-refractivity contribution < 1.29 is 13.3 Å². The summed E-state index contributed by atoms with van der Waals surface area (Å²) in [7, 11) is 0. The lowest BCUT2D eigenvalue weighted by molar-refractivity contribution is 0.619. The molecule has 12 rings (SSSR count). The molecular formula is C50H28N4O3. The molecule has 7 heteroatoms. The van der Waals surface area contributed by atoms with Crippen molar-refractivity contribution in [1.29, 1.82) is 0 Å². The second-order valence-electron chi connectivity index (χ2n) is 14.2. The molecule has 4 heterocycles. The van der Waals surface area contributed by atoms with Gasteiger partial charge in [0.2, 0.25) is 5.89 Å². The quantitative estimate of drug-likeness (QED) is 0.174. The standard InChI is InChI=1S/C50H28N4O3/c1-3-9-31(10-4-1)47-52-48(32-18-15-29(16-19-32)34-22-23-40-38(27-34)36-13-7-8-14-39(36)55-40)54-49(53-47)35-20-17-30-21-24-41-44(37(30)28-35)45-42(56-41)25-26-43-46(45)51-50(57-43)33-11-5-2-6-12-33/h1-28H. The van der Waals surface area contributed by atoms with Crippen LogP contribution in [0.4, 0.5) is 0 Å². The van der Waals surface area contributed by atoms with E-state index in [0.717, 1.165) is 93.5 Å². The highest BCUT2D eigenvalue weighted by Crippen LogP contribution is 2.41. The Morgan fingerprint density at radius 3 is 1.63 bits per heavy atom. The molecule has 0 saturated carbocycles. The van der Waals surface area contributed by atoms with E-state index >= 15 is 0 Å². The van der Waals surface area contributed by atoms with E-state index in [0.29, 0.717) is 28.9 Å². The number of hydrogen-bond acceptors (Lipinski definition) is 7. The van der Waals surface area contributed by atoms with Gasteiger partial charge in [-0.25, -0.2) is 19.9 Å². The van der Waals surface area contributed by atoms with E-state index in [4.69, 9.17) is 33.2 Å². The van der Waals surface area contributed by atoms with Crippen molar-refractivity contribution in [3.8, 4) is 56.7 Å². The SMILES string of the molecule is c1ccc(-c2nc(-c3ccc(-c4ccc5oc6ccccc6c5c4)cc3)nc(-c3ccc4ccc5oc6ccc7oc(-c8ccccc8)nc7c6c5c4c3)n2)cc1. The van der Waals surface area contributed by atoms with Crippen molar-refractivity contribution in [2.45, 2.75) is 0 Å². The maximum Gasteiger partial charge on any atom is 0.227 e. The van der Waals surface area contributed by atoms with Crippen molar-refractivity contribution in [2.75, 3.05) is 0 Å². The van der Waals surface area contributed by atoms with Crippen LogP contribution in [0.25, 0.3) is 122 Å². The van der Waals surface area contributed by atoms with Gasteiger partial charge in [-0.1, -0.05) is 115 Å². The molecule has 0 fully saturated rings. The van der Waals surface area contributed by atoms with Crippen LogP contribution in [0.15, 0.2) is 183 Å². The largest absolute Gasteiger partial charge is 0.456 e. The summed E-state index contributed by atoms with van der Waals surface area (Å²) in [6.45, 7) is 0. The minimum absolute atomic E-state index is 0.570. The van der Waals surface area contributed by atoms with Gasteiger partial charge in [-0.15, -0.1) is 0 Å². The maximum absolute atomic E-state index is 6.43. The van der Waals surface area contributed by atoms with E-state index in [2.05, 4.69) is 66.7 Å². The Balaban J connectivity index is 0.996. The Morgan fingerprint density at radius 1 is 0.298 bits per heavy atom. The molecule has 0 bridgehead atoms. The van der Waals surface area contributed by atoms with E-state index in [1.807, 2.05) is 103 Å². The summed E-state index contributed by atoms with van der Waals surface area (Å²) in [6, 6.07) is 57.2. The number of rotatable bonds is 5. The number of furan rings is 2. The third kappa shape index (κ3) is 5.13. The molecule has 0 radical (unpaired) electrons. The molecule has 0 saturated heterocycles. The molecule has 0 spiro atoms. The van der Waals surface area contributed by atoms with Gasteiger partial charge in [0.1, 0.15) is 27.8 Å². The fourth-order valence-corrected chi connectivity index (χ4v) is 7.97. The van der Waals surface area contributed by atoms with Crippen LogP contribution >= 0.6 is 0 Å². The lowest BCUT2D eigenvalue weighted by Crippen LogP contribution is -2.00. The average Bonchev–Trinajstić information content (AvgIpc) is 4.00. The van der Waals surface area contributed by atoms with E-state index in [-0.39, 0.29) is 0 Å². The molecule has 57 heavy (non-hydrogen) atoms. The fraction of sp³-hybridized carbons (Fsp3) is 0. The molecule has 0 aliphatic carbocycles. The molecule has 7 nitrogen and oxygen atoms in total. The zero-order valence-electron chi connectivity index (χ0n) is 30.2. The summed E-state index contributed by atoms with van der Waals surface area (Å²) in [5.41, 5.74) is 10.5. The summed E-state index contributed by atoms with van der Waals surface area (Å²) in [5, 5.41) is 6.16. The minimum Gasteiger partial charge on any atom is -0.456 e. The Bertz CT molecular complexity index is 3510. The molecule has 0 atom stereocenters. The van der Waals surface area contributed by atoms with E-state index in [1.54, 1.807) is 0 Å². The van der Waals surface area contributed by atoms with Crippen LogP contribution in [-0.2, 0) is 0 Å². The third-order valence-electron chi connectivity index (χ3n) is 10.8. The number of fused-ring (bicyclic) bond motifs is 10. The van der Waals surface area contributed by atoms with Gasteiger partial charge in [0.25, 0.3) is 0 Å². The van der Waals surface area contributed by atoms with E-state index in [1.165, 1.54) is 0 Å². The molecule has 12 aromatic rings. The van der Waals surface area contributed by atoms with Crippen LogP contribution in [-0.4, -0.2) is 19.9 Å². The number of hydrogen-bond donors (Lipinski definition) is 0. The first-order valence-electron chi connectivity index (χ1n) is 18.8. The molecule has 0 amide bonds. The van der Waals surface area contributed by atoms with Crippen molar-refractivity contribution in [2.24, 2.45) is 0 Å². The van der Waals surface area contributed by atoms with Gasteiger partial charge in [0.05, 0.1) is 5.39 Å². The second-order valence-corrected chi connectivity index (χ2v) is 14.2. The Morgan fingerprint density at radius 2 is 0.825 bits per heavy atom. The number of aromatic nitrogens is 4. The Kier molecular flexibility index (Phi) is 6.79. The van der Waals surface area contributed by atoms with Crippen LogP contribution in [0.3, 0.4) is 0 Å². The van der Waals surface area contributed by atoms with Crippen LogP contribution in [0.5, 0.6) is 0 Å². The lowest BCUT2D eigenvalue weighted by Gasteiger charge is -2.10. The fourth-order valence-electron chi connectivity index (χ4n) is 7.97. The first-order valence-corrected chi connectivity index (χ1v) is 18.8. The number of nitrogens with zero attached hydrogens (tertiary/aromatic N) is 4. The molecule has 0 aliphatic rings. The topological polar surface area (TPSA) is 91.0 Å². The highest BCUT2D eigenvalue weighted by molar-refractivity contribution is 6.25. The van der Waals surface area contributed by atoms with Crippen molar-refractivity contribution >= 4 is 65.7 Å². The summed E-state index contributed by atoms with van der Waals surface area (Å²) in [4.78, 5) is 20.2. The van der Waals surface area contributed by atoms with Gasteiger partial charge in [-0.05, 0) is 76.5 Å². The van der Waals surface area contributed by atoms with Crippen molar-refractivity contribution in [3.05, 3.63) is 170 Å².